The number of carbonyl (C=O) groups is 2. The zero-order valence-electron chi connectivity index (χ0n) is 24.5. The maximum Gasteiger partial charge on any atom is 0.239 e. The van der Waals surface area contributed by atoms with Gasteiger partial charge in [-0.25, -0.2) is 0 Å². The minimum atomic E-state index is -1.34. The molecule has 4 N–H and O–H groups in total. The van der Waals surface area contributed by atoms with E-state index in [0.29, 0.717) is 38.5 Å². The molecular weight excluding hydrogens is 536 g/mol. The van der Waals surface area contributed by atoms with Crippen LogP contribution in [-0.4, -0.2) is 38.1 Å². The molecule has 0 bridgehead atoms. The summed E-state index contributed by atoms with van der Waals surface area (Å²) in [6, 6.07) is 26.6. The third kappa shape index (κ3) is 4.54. The molecule has 4 aromatic carbocycles. The Hall–Kier alpha value is -3.74. The second-order valence-electron chi connectivity index (χ2n) is 13.2. The Balaban J connectivity index is 1.56. The number of benzene rings is 4. The van der Waals surface area contributed by atoms with Crippen molar-refractivity contribution >= 4 is 33.4 Å². The molecule has 0 saturated heterocycles. The monoisotopic (exact) mass is 576 g/mol. The summed E-state index contributed by atoms with van der Waals surface area (Å²) in [6.45, 7) is 0. The van der Waals surface area contributed by atoms with Crippen molar-refractivity contribution in [1.29, 1.82) is 0 Å². The number of fused-ring (bicyclic) bond motifs is 2. The standard InChI is InChI=1S/C37H40N2O4/c38-33(40)35(23-24-35)34(41)39(31(36(42)19-5-6-20-36)29-17-9-13-25-11-1-3-15-27(25)29)32(37(43)21-7-8-22-37)30-18-10-14-26-12-2-4-16-28(26)30/h1-4,9-18,31-32,42-43H,5-8,19-24H2,(H2,38,40). The van der Waals surface area contributed by atoms with Gasteiger partial charge in [-0.2, -0.15) is 0 Å². The molecule has 3 fully saturated rings. The van der Waals surface area contributed by atoms with Crippen LogP contribution in [0.5, 0.6) is 0 Å². The number of aliphatic hydroxyl groups is 2. The Morgan fingerprint density at radius 3 is 1.40 bits per heavy atom. The van der Waals surface area contributed by atoms with Crippen molar-refractivity contribution in [2.45, 2.75) is 87.5 Å². The Morgan fingerprint density at radius 2 is 1.00 bits per heavy atom. The minimum absolute atomic E-state index is 0.374. The molecule has 4 aromatic rings. The van der Waals surface area contributed by atoms with Crippen LogP contribution in [-0.2, 0) is 9.59 Å². The summed E-state index contributed by atoms with van der Waals surface area (Å²) < 4.78 is 0. The van der Waals surface area contributed by atoms with E-state index >= 15 is 4.79 Å². The first-order valence-corrected chi connectivity index (χ1v) is 15.8. The average molecular weight is 577 g/mol. The number of hydrogen-bond acceptors (Lipinski definition) is 4. The summed E-state index contributed by atoms with van der Waals surface area (Å²) in [5.41, 5.74) is 3.84. The highest BCUT2D eigenvalue weighted by Crippen LogP contribution is 2.57. The maximum absolute atomic E-state index is 15.2. The fourth-order valence-electron chi connectivity index (χ4n) is 8.22. The van der Waals surface area contributed by atoms with Gasteiger partial charge in [-0.3, -0.25) is 9.59 Å². The van der Waals surface area contributed by atoms with Crippen LogP contribution < -0.4 is 5.73 Å². The topological polar surface area (TPSA) is 104 Å². The Bertz CT molecular complexity index is 1580. The zero-order chi connectivity index (χ0) is 29.8. The highest BCUT2D eigenvalue weighted by molar-refractivity contribution is 6.08. The SMILES string of the molecule is NC(=O)C1(C(=O)N(C(c2cccc3ccccc23)C2(O)CCCC2)C(c2cccc3ccccc23)C2(O)CCCC2)CC1. The molecule has 7 rings (SSSR count). The van der Waals surface area contributed by atoms with E-state index < -0.39 is 34.6 Å². The number of rotatable bonds is 8. The molecule has 0 heterocycles. The van der Waals surface area contributed by atoms with Crippen molar-refractivity contribution in [2.75, 3.05) is 0 Å². The lowest BCUT2D eigenvalue weighted by Gasteiger charge is -2.50. The van der Waals surface area contributed by atoms with Gasteiger partial charge in [0.05, 0.1) is 23.3 Å². The normalized spacial score (nSPS) is 21.4. The molecular formula is C37H40N2O4. The molecule has 0 radical (unpaired) electrons. The van der Waals surface area contributed by atoms with E-state index in [2.05, 4.69) is 0 Å². The van der Waals surface area contributed by atoms with Gasteiger partial charge in [0.25, 0.3) is 0 Å². The number of nitrogens with two attached hydrogens (primary N) is 1. The van der Waals surface area contributed by atoms with Gasteiger partial charge in [0, 0.05) is 0 Å². The average Bonchev–Trinajstić information content (AvgIpc) is 3.55. The van der Waals surface area contributed by atoms with Crippen molar-refractivity contribution in [3.8, 4) is 0 Å². The van der Waals surface area contributed by atoms with Crippen molar-refractivity contribution in [2.24, 2.45) is 11.1 Å². The van der Waals surface area contributed by atoms with E-state index in [1.54, 1.807) is 4.90 Å². The number of hydrogen-bond donors (Lipinski definition) is 3. The first-order chi connectivity index (χ1) is 20.8. The quantitative estimate of drug-likeness (QED) is 0.209. The zero-order valence-corrected chi connectivity index (χ0v) is 24.5. The van der Waals surface area contributed by atoms with Gasteiger partial charge in [-0.15, -0.1) is 0 Å². The Morgan fingerprint density at radius 1 is 0.605 bits per heavy atom. The minimum Gasteiger partial charge on any atom is -0.387 e. The summed E-state index contributed by atoms with van der Waals surface area (Å²) in [5.74, 6) is -1.01. The van der Waals surface area contributed by atoms with Crippen molar-refractivity contribution in [3.63, 3.8) is 0 Å². The van der Waals surface area contributed by atoms with Crippen LogP contribution in [0.25, 0.3) is 21.5 Å². The van der Waals surface area contributed by atoms with Crippen LogP contribution in [0.2, 0.25) is 0 Å². The number of amides is 2. The number of carbonyl (C=O) groups excluding carboxylic acids is 2. The second kappa shape index (κ2) is 10.5. The molecule has 3 saturated carbocycles. The van der Waals surface area contributed by atoms with E-state index in [-0.39, 0.29) is 5.91 Å². The molecule has 43 heavy (non-hydrogen) atoms. The van der Waals surface area contributed by atoms with Crippen molar-refractivity contribution in [3.05, 3.63) is 96.1 Å². The number of nitrogens with zero attached hydrogens (tertiary/aromatic N) is 1. The van der Waals surface area contributed by atoms with Crippen LogP contribution in [0.3, 0.4) is 0 Å². The molecule has 0 aromatic heterocycles. The summed E-state index contributed by atoms with van der Waals surface area (Å²) in [6.07, 6.45) is 6.19. The van der Waals surface area contributed by atoms with Gasteiger partial charge in [-0.1, -0.05) is 111 Å². The lowest BCUT2D eigenvalue weighted by atomic mass is 9.77. The fraction of sp³-hybridized carbons (Fsp3) is 0.405. The van der Waals surface area contributed by atoms with Crippen molar-refractivity contribution in [1.82, 2.24) is 4.90 Å². The fourth-order valence-corrected chi connectivity index (χ4v) is 8.22. The van der Waals surface area contributed by atoms with Crippen molar-refractivity contribution < 1.29 is 19.8 Å². The summed E-state index contributed by atoms with van der Waals surface area (Å²) >= 11 is 0. The van der Waals surface area contributed by atoms with Gasteiger partial charge in [-0.05, 0) is 71.2 Å². The van der Waals surface area contributed by atoms with E-state index in [1.165, 1.54) is 0 Å². The molecule has 6 nitrogen and oxygen atoms in total. The molecule has 2 unspecified atom stereocenters. The Labute approximate surface area is 252 Å². The third-order valence-corrected chi connectivity index (χ3v) is 10.6. The largest absolute Gasteiger partial charge is 0.387 e. The van der Waals surface area contributed by atoms with Crippen LogP contribution >= 0.6 is 0 Å². The maximum atomic E-state index is 15.2. The first kappa shape index (κ1) is 28.1. The molecule has 2 amide bonds. The van der Waals surface area contributed by atoms with E-state index in [4.69, 9.17) is 5.73 Å². The van der Waals surface area contributed by atoms with Gasteiger partial charge in [0.1, 0.15) is 5.41 Å². The van der Waals surface area contributed by atoms with E-state index in [9.17, 15) is 15.0 Å². The summed E-state index contributed by atoms with van der Waals surface area (Å²) in [7, 11) is 0. The highest BCUT2D eigenvalue weighted by atomic mass is 16.3. The molecule has 3 aliphatic carbocycles. The molecule has 222 valence electrons. The predicted molar refractivity (Wildman–Crippen MR) is 168 cm³/mol. The molecule has 3 aliphatic rings. The van der Waals surface area contributed by atoms with Gasteiger partial charge >= 0.3 is 0 Å². The van der Waals surface area contributed by atoms with Crippen LogP contribution in [0.1, 0.15) is 87.4 Å². The van der Waals surface area contributed by atoms with Gasteiger partial charge < -0.3 is 20.8 Å². The van der Waals surface area contributed by atoms with Gasteiger partial charge in [0.2, 0.25) is 11.8 Å². The smallest absolute Gasteiger partial charge is 0.239 e. The lowest BCUT2D eigenvalue weighted by Crippen LogP contribution is -2.57. The van der Waals surface area contributed by atoms with Crippen LogP contribution in [0, 0.1) is 5.41 Å². The van der Waals surface area contributed by atoms with Crippen LogP contribution in [0.4, 0.5) is 0 Å². The van der Waals surface area contributed by atoms with E-state index in [0.717, 1.165) is 58.4 Å². The predicted octanol–water partition coefficient (Wildman–Crippen LogP) is 6.48. The molecule has 2 atom stereocenters. The molecule has 0 aliphatic heterocycles. The second-order valence-corrected chi connectivity index (χ2v) is 13.2. The van der Waals surface area contributed by atoms with Crippen LogP contribution in [0.15, 0.2) is 84.9 Å². The third-order valence-electron chi connectivity index (χ3n) is 10.6. The Kier molecular flexibility index (Phi) is 6.82. The number of primary amides is 1. The first-order valence-electron chi connectivity index (χ1n) is 15.8. The summed E-state index contributed by atoms with van der Waals surface area (Å²) in [4.78, 5) is 30.0. The highest BCUT2D eigenvalue weighted by Gasteiger charge is 2.62. The van der Waals surface area contributed by atoms with E-state index in [1.807, 2.05) is 84.9 Å². The molecule has 0 spiro atoms. The lowest BCUT2D eigenvalue weighted by molar-refractivity contribution is -0.166. The van der Waals surface area contributed by atoms with Gasteiger partial charge in [0.15, 0.2) is 0 Å². The molecule has 6 heteroatoms. The summed E-state index contributed by atoms with van der Waals surface area (Å²) in [5, 5.41) is 29.2.